The van der Waals surface area contributed by atoms with Crippen LogP contribution in [0.2, 0.25) is 5.02 Å². The number of hydrazine groups is 1. The van der Waals surface area contributed by atoms with Gasteiger partial charge in [0.25, 0.3) is 11.8 Å². The molecule has 2 aliphatic heterocycles. The molecule has 27 heavy (non-hydrogen) atoms. The zero-order valence-corrected chi connectivity index (χ0v) is 15.4. The van der Waals surface area contributed by atoms with Crippen LogP contribution >= 0.6 is 11.6 Å². The fraction of sp³-hybridized carbons (Fsp3) is 0.150. The summed E-state index contributed by atoms with van der Waals surface area (Å²) < 4.78 is 0. The van der Waals surface area contributed by atoms with Crippen LogP contribution in [0.1, 0.15) is 12.5 Å². The van der Waals surface area contributed by atoms with Crippen molar-refractivity contribution in [3.63, 3.8) is 0 Å². The number of carbonyl (C=O) groups is 3. The van der Waals surface area contributed by atoms with Gasteiger partial charge in [0.2, 0.25) is 0 Å². The van der Waals surface area contributed by atoms with Crippen LogP contribution in [-0.2, 0) is 14.4 Å². The van der Waals surface area contributed by atoms with Crippen molar-refractivity contribution < 1.29 is 14.4 Å². The minimum atomic E-state index is -0.904. The molecule has 2 aromatic rings. The van der Waals surface area contributed by atoms with Crippen LogP contribution < -0.4 is 15.3 Å². The molecule has 1 saturated heterocycles. The summed E-state index contributed by atoms with van der Waals surface area (Å²) in [6, 6.07) is 13.0. The standard InChI is InChI=1S/C20H16ClN3O3/c1-11-3-7-14(8-4-11)23-19(26)16-17(12(2)25)22-24(18(16)20(23)27)15-9-5-13(21)6-10-15/h3-10,18,22H,1-2H3/t18-/m1/s1. The molecule has 1 N–H and O–H groups in total. The first-order chi connectivity index (χ1) is 12.9. The molecular formula is C20H16ClN3O3. The minimum absolute atomic E-state index is 0.142. The molecule has 0 aromatic heterocycles. The van der Waals surface area contributed by atoms with Gasteiger partial charge < -0.3 is 0 Å². The molecule has 2 aliphatic rings. The number of fused-ring (bicyclic) bond motifs is 1. The number of aryl methyl sites for hydroxylation is 1. The lowest BCUT2D eigenvalue weighted by Crippen LogP contribution is -2.46. The lowest BCUT2D eigenvalue weighted by atomic mass is 10.1. The molecule has 136 valence electrons. The number of nitrogens with zero attached hydrogens (tertiary/aromatic N) is 2. The van der Waals surface area contributed by atoms with Crippen LogP contribution in [0.25, 0.3) is 0 Å². The van der Waals surface area contributed by atoms with Gasteiger partial charge in [0.1, 0.15) is 5.70 Å². The second-order valence-electron chi connectivity index (χ2n) is 6.52. The molecular weight excluding hydrogens is 366 g/mol. The number of imide groups is 1. The summed E-state index contributed by atoms with van der Waals surface area (Å²) in [6.45, 7) is 3.29. The number of halogens is 1. The van der Waals surface area contributed by atoms with E-state index >= 15 is 0 Å². The Balaban J connectivity index is 1.80. The molecule has 0 radical (unpaired) electrons. The maximum atomic E-state index is 13.2. The quantitative estimate of drug-likeness (QED) is 0.828. The number of nitrogens with one attached hydrogen (secondary N) is 1. The summed E-state index contributed by atoms with van der Waals surface area (Å²) in [5, 5.41) is 2.09. The lowest BCUT2D eigenvalue weighted by Gasteiger charge is -2.26. The Labute approximate surface area is 161 Å². The summed E-state index contributed by atoms with van der Waals surface area (Å²) >= 11 is 5.94. The van der Waals surface area contributed by atoms with Crippen molar-refractivity contribution in [2.24, 2.45) is 0 Å². The molecule has 1 fully saturated rings. The van der Waals surface area contributed by atoms with E-state index in [1.54, 1.807) is 36.4 Å². The van der Waals surface area contributed by atoms with Crippen LogP contribution in [0.5, 0.6) is 0 Å². The van der Waals surface area contributed by atoms with E-state index in [2.05, 4.69) is 5.43 Å². The number of anilines is 2. The second kappa shape index (κ2) is 6.25. The van der Waals surface area contributed by atoms with Gasteiger partial charge in [0.05, 0.1) is 16.9 Å². The van der Waals surface area contributed by atoms with Crippen molar-refractivity contribution in [3.8, 4) is 0 Å². The zero-order valence-electron chi connectivity index (χ0n) is 14.7. The molecule has 0 spiro atoms. The van der Waals surface area contributed by atoms with Gasteiger partial charge in [-0.15, -0.1) is 0 Å². The first-order valence-corrected chi connectivity index (χ1v) is 8.78. The maximum absolute atomic E-state index is 13.2. The largest absolute Gasteiger partial charge is 0.293 e. The number of amides is 2. The van der Waals surface area contributed by atoms with Crippen molar-refractivity contribution in [3.05, 3.63) is 70.4 Å². The normalized spacial score (nSPS) is 18.9. The summed E-state index contributed by atoms with van der Waals surface area (Å²) in [5.41, 5.74) is 5.37. The summed E-state index contributed by atoms with van der Waals surface area (Å²) in [6.07, 6.45) is 0. The third kappa shape index (κ3) is 2.69. The van der Waals surface area contributed by atoms with E-state index < -0.39 is 17.9 Å². The molecule has 1 atom stereocenters. The molecule has 2 heterocycles. The third-order valence-electron chi connectivity index (χ3n) is 4.67. The monoisotopic (exact) mass is 381 g/mol. The average molecular weight is 382 g/mol. The number of hydrogen-bond donors (Lipinski definition) is 1. The van der Waals surface area contributed by atoms with Crippen LogP contribution in [0.15, 0.2) is 59.8 Å². The predicted octanol–water partition coefficient (Wildman–Crippen LogP) is 2.76. The van der Waals surface area contributed by atoms with Gasteiger partial charge in [-0.05, 0) is 43.3 Å². The minimum Gasteiger partial charge on any atom is -0.293 e. The highest BCUT2D eigenvalue weighted by molar-refractivity contribution is 6.34. The fourth-order valence-corrected chi connectivity index (χ4v) is 3.46. The number of ketones is 1. The number of Topliss-reactive ketones (excluding diaryl/α,β-unsaturated/α-hetero) is 1. The molecule has 4 rings (SSSR count). The Morgan fingerprint density at radius 2 is 1.59 bits per heavy atom. The number of allylic oxidation sites excluding steroid dienone is 1. The third-order valence-corrected chi connectivity index (χ3v) is 4.92. The van der Waals surface area contributed by atoms with E-state index in [0.717, 1.165) is 10.5 Å². The van der Waals surface area contributed by atoms with Gasteiger partial charge in [0.15, 0.2) is 11.8 Å². The SMILES string of the molecule is CC(=O)C1=C2C(=O)N(c3ccc(C)cc3)C(=O)[C@@H]2N(c2ccc(Cl)cc2)N1. The number of carbonyl (C=O) groups excluding carboxylic acids is 3. The fourth-order valence-electron chi connectivity index (χ4n) is 3.33. The molecule has 0 saturated carbocycles. The Kier molecular flexibility index (Phi) is 4.00. The van der Waals surface area contributed by atoms with E-state index in [4.69, 9.17) is 11.6 Å². The van der Waals surface area contributed by atoms with Crippen LogP contribution in [0.4, 0.5) is 11.4 Å². The van der Waals surface area contributed by atoms with E-state index in [9.17, 15) is 14.4 Å². The highest BCUT2D eigenvalue weighted by atomic mass is 35.5. The van der Waals surface area contributed by atoms with Crippen LogP contribution in [0, 0.1) is 6.92 Å². The number of rotatable bonds is 3. The zero-order chi connectivity index (χ0) is 19.3. The van der Waals surface area contributed by atoms with Gasteiger partial charge >= 0.3 is 0 Å². The number of benzene rings is 2. The smallest absolute Gasteiger partial charge is 0.266 e. The lowest BCUT2D eigenvalue weighted by molar-refractivity contribution is -0.121. The molecule has 0 aliphatic carbocycles. The van der Waals surface area contributed by atoms with Crippen LogP contribution in [-0.4, -0.2) is 23.6 Å². The van der Waals surface area contributed by atoms with E-state index in [0.29, 0.717) is 16.4 Å². The Morgan fingerprint density at radius 3 is 2.19 bits per heavy atom. The van der Waals surface area contributed by atoms with E-state index in [-0.39, 0.29) is 17.1 Å². The summed E-state index contributed by atoms with van der Waals surface area (Å²) in [5.74, 6) is -1.20. The van der Waals surface area contributed by atoms with Crippen molar-refractivity contribution in [1.29, 1.82) is 0 Å². The second-order valence-corrected chi connectivity index (χ2v) is 6.96. The first-order valence-electron chi connectivity index (χ1n) is 8.40. The van der Waals surface area contributed by atoms with Crippen molar-refractivity contribution in [1.82, 2.24) is 5.43 Å². The van der Waals surface area contributed by atoms with E-state index in [1.165, 1.54) is 11.9 Å². The summed E-state index contributed by atoms with van der Waals surface area (Å²) in [7, 11) is 0. The first kappa shape index (κ1) is 17.3. The van der Waals surface area contributed by atoms with Gasteiger partial charge in [-0.1, -0.05) is 29.3 Å². The van der Waals surface area contributed by atoms with Gasteiger partial charge in [-0.25, -0.2) is 4.90 Å². The molecule has 0 bridgehead atoms. The topological polar surface area (TPSA) is 69.7 Å². The molecule has 2 amide bonds. The van der Waals surface area contributed by atoms with Gasteiger partial charge in [0, 0.05) is 11.9 Å². The van der Waals surface area contributed by atoms with Crippen LogP contribution in [0.3, 0.4) is 0 Å². The molecule has 0 unspecified atom stereocenters. The maximum Gasteiger partial charge on any atom is 0.266 e. The molecule has 2 aromatic carbocycles. The van der Waals surface area contributed by atoms with Crippen molar-refractivity contribution in [2.75, 3.05) is 9.91 Å². The van der Waals surface area contributed by atoms with Crippen molar-refractivity contribution in [2.45, 2.75) is 19.9 Å². The average Bonchev–Trinajstić information content (AvgIpc) is 3.15. The summed E-state index contributed by atoms with van der Waals surface area (Å²) in [4.78, 5) is 39.4. The number of hydrogen-bond acceptors (Lipinski definition) is 5. The highest BCUT2D eigenvalue weighted by Crippen LogP contribution is 2.37. The van der Waals surface area contributed by atoms with Gasteiger partial charge in [-0.2, -0.15) is 0 Å². The predicted molar refractivity (Wildman–Crippen MR) is 102 cm³/mol. The Bertz CT molecular complexity index is 996. The molecule has 6 nitrogen and oxygen atoms in total. The Hall–Kier alpha value is -3.12. The highest BCUT2D eigenvalue weighted by Gasteiger charge is 2.53. The van der Waals surface area contributed by atoms with E-state index in [1.807, 2.05) is 19.1 Å². The van der Waals surface area contributed by atoms with Crippen molar-refractivity contribution >= 4 is 40.6 Å². The van der Waals surface area contributed by atoms with Gasteiger partial charge in [-0.3, -0.25) is 24.8 Å². The Morgan fingerprint density at radius 1 is 1.00 bits per heavy atom. The molecule has 7 heteroatoms.